The van der Waals surface area contributed by atoms with E-state index in [1.54, 1.807) is 35.0 Å². The van der Waals surface area contributed by atoms with Gasteiger partial charge in [-0.2, -0.15) is 9.49 Å². The lowest BCUT2D eigenvalue weighted by atomic mass is 9.77. The highest BCUT2D eigenvalue weighted by Crippen LogP contribution is 2.43. The Hall–Kier alpha value is -5.43. The highest BCUT2D eigenvalue weighted by molar-refractivity contribution is 5.92. The first-order chi connectivity index (χ1) is 20.0. The van der Waals surface area contributed by atoms with E-state index in [0.717, 1.165) is 22.8 Å². The molecule has 0 aliphatic rings. The minimum absolute atomic E-state index is 0.326. The Bertz CT molecular complexity index is 1790. The fourth-order valence-corrected chi connectivity index (χ4v) is 5.35. The van der Waals surface area contributed by atoms with Crippen LogP contribution in [0, 0.1) is 21.7 Å². The minimum atomic E-state index is -1.09. The molecular formula is C34H23F2N3O2. The summed E-state index contributed by atoms with van der Waals surface area (Å²) < 4.78 is 31.5. The van der Waals surface area contributed by atoms with Gasteiger partial charge in [0, 0.05) is 23.1 Å². The molecule has 1 heterocycles. The van der Waals surface area contributed by atoms with E-state index >= 15 is 4.39 Å². The summed E-state index contributed by atoms with van der Waals surface area (Å²) in [5.74, 6) is -1.40. The maximum Gasteiger partial charge on any atom is 0.305 e. The van der Waals surface area contributed by atoms with Crippen molar-refractivity contribution in [2.75, 3.05) is 0 Å². The summed E-state index contributed by atoms with van der Waals surface area (Å²) in [6, 6.07) is 37.8. The van der Waals surface area contributed by atoms with Crippen molar-refractivity contribution in [3.05, 3.63) is 177 Å². The van der Waals surface area contributed by atoms with Crippen molar-refractivity contribution in [2.45, 2.75) is 5.54 Å². The largest absolute Gasteiger partial charge is 0.305 e. The maximum absolute atomic E-state index is 15.3. The summed E-state index contributed by atoms with van der Waals surface area (Å²) in [6.45, 7) is 0. The molecule has 0 saturated carbocycles. The predicted octanol–water partition coefficient (Wildman–Crippen LogP) is 8.23. The molecule has 5 aromatic carbocycles. The zero-order chi connectivity index (χ0) is 28.4. The van der Waals surface area contributed by atoms with Crippen LogP contribution in [0.4, 0.5) is 14.5 Å². The van der Waals surface area contributed by atoms with Crippen LogP contribution in [-0.4, -0.2) is 14.7 Å². The molecule has 6 rings (SSSR count). The second-order valence-corrected chi connectivity index (χ2v) is 9.54. The summed E-state index contributed by atoms with van der Waals surface area (Å²) >= 11 is 0. The monoisotopic (exact) mass is 543 g/mol. The summed E-state index contributed by atoms with van der Waals surface area (Å²) in [6.07, 6.45) is 3.16. The molecule has 0 fully saturated rings. The molecule has 0 bridgehead atoms. The van der Waals surface area contributed by atoms with Crippen LogP contribution in [0.1, 0.15) is 27.9 Å². The van der Waals surface area contributed by atoms with Gasteiger partial charge in [-0.15, -0.1) is 0 Å². The van der Waals surface area contributed by atoms with E-state index in [4.69, 9.17) is 5.10 Å². The Balaban J connectivity index is 1.75. The smallest absolute Gasteiger partial charge is 0.258 e. The van der Waals surface area contributed by atoms with Gasteiger partial charge in [-0.1, -0.05) is 109 Å². The molecule has 0 N–H and O–H groups in total. The van der Waals surface area contributed by atoms with Crippen molar-refractivity contribution in [3.63, 3.8) is 0 Å². The third-order valence-electron chi connectivity index (χ3n) is 7.19. The molecule has 0 atom stereocenters. The molecule has 0 unspecified atom stereocenters. The highest BCUT2D eigenvalue weighted by atomic mass is 19.1. The third kappa shape index (κ3) is 4.47. The third-order valence-corrected chi connectivity index (χ3v) is 7.19. The first-order valence-electron chi connectivity index (χ1n) is 13.0. The molecule has 5 nitrogen and oxygen atoms in total. The Kier molecular flexibility index (Phi) is 6.69. The second-order valence-electron chi connectivity index (χ2n) is 9.54. The normalized spacial score (nSPS) is 11.8. The quantitative estimate of drug-likeness (QED) is 0.116. The molecule has 200 valence electrons. The van der Waals surface area contributed by atoms with Crippen LogP contribution in [0.5, 0.6) is 0 Å². The maximum atomic E-state index is 15.3. The number of nitro benzene ring substituents is 1. The Labute approximate surface area is 234 Å². The van der Waals surface area contributed by atoms with Crippen LogP contribution in [0.15, 0.2) is 127 Å². The number of fused-ring (bicyclic) bond motifs is 1. The molecule has 0 amide bonds. The summed E-state index contributed by atoms with van der Waals surface area (Å²) in [5, 5.41) is 17.1. The number of nitro groups is 1. The second kappa shape index (κ2) is 10.6. The molecule has 41 heavy (non-hydrogen) atoms. The van der Waals surface area contributed by atoms with Crippen molar-refractivity contribution in [1.29, 1.82) is 0 Å². The van der Waals surface area contributed by atoms with Crippen molar-refractivity contribution in [1.82, 2.24) is 9.78 Å². The molecule has 7 heteroatoms. The standard InChI is InChI=1S/C34H23F2N3O2/c35-29-19-11-10-12-24(29)20-21-31-28-22-33(39(40)41)30(36)23-32(28)38(37-31)34(25-13-4-1-5-14-25,26-15-6-2-7-16-26)27-17-8-3-9-18-27/h1-23H/b21-20+. The van der Waals surface area contributed by atoms with Crippen molar-refractivity contribution in [2.24, 2.45) is 0 Å². The van der Waals surface area contributed by atoms with Crippen LogP contribution in [-0.2, 0) is 5.54 Å². The number of halogens is 2. The summed E-state index contributed by atoms with van der Waals surface area (Å²) in [7, 11) is 0. The zero-order valence-electron chi connectivity index (χ0n) is 21.7. The number of hydrogen-bond donors (Lipinski definition) is 0. The van der Waals surface area contributed by atoms with Crippen molar-refractivity contribution >= 4 is 28.7 Å². The molecule has 0 aliphatic heterocycles. The Morgan fingerprint density at radius 1 is 0.683 bits per heavy atom. The summed E-state index contributed by atoms with van der Waals surface area (Å²) in [5.41, 5.74) is 1.81. The van der Waals surface area contributed by atoms with Gasteiger partial charge in [0.25, 0.3) is 0 Å². The van der Waals surface area contributed by atoms with Gasteiger partial charge in [-0.3, -0.25) is 10.1 Å². The number of nitrogens with zero attached hydrogens (tertiary/aromatic N) is 3. The van der Waals surface area contributed by atoms with Gasteiger partial charge in [0.05, 0.1) is 16.1 Å². The van der Waals surface area contributed by atoms with Crippen LogP contribution >= 0.6 is 0 Å². The van der Waals surface area contributed by atoms with Gasteiger partial charge in [-0.05, 0) is 34.9 Å². The SMILES string of the molecule is O=[N+]([O-])c1cc2c(/C=C/c3ccccc3F)nn(C(c3ccccc3)(c3ccccc3)c3ccccc3)c2cc1F. The zero-order valence-corrected chi connectivity index (χ0v) is 21.7. The topological polar surface area (TPSA) is 61.0 Å². The van der Waals surface area contributed by atoms with E-state index in [-0.39, 0.29) is 0 Å². The van der Waals surface area contributed by atoms with Crippen molar-refractivity contribution in [3.8, 4) is 0 Å². The fourth-order valence-electron chi connectivity index (χ4n) is 5.35. The average molecular weight is 544 g/mol. The minimum Gasteiger partial charge on any atom is -0.258 e. The van der Waals surface area contributed by atoms with E-state index in [9.17, 15) is 14.5 Å². The first kappa shape index (κ1) is 25.8. The van der Waals surface area contributed by atoms with Gasteiger partial charge in [-0.25, -0.2) is 9.07 Å². The molecule has 0 aliphatic carbocycles. The van der Waals surface area contributed by atoms with E-state index in [0.29, 0.717) is 22.2 Å². The lowest BCUT2D eigenvalue weighted by Gasteiger charge is -2.37. The van der Waals surface area contributed by atoms with Crippen LogP contribution in [0.3, 0.4) is 0 Å². The highest BCUT2D eigenvalue weighted by Gasteiger charge is 2.41. The fraction of sp³-hybridized carbons (Fsp3) is 0.0294. The van der Waals surface area contributed by atoms with Gasteiger partial charge in [0.15, 0.2) is 0 Å². The summed E-state index contributed by atoms with van der Waals surface area (Å²) in [4.78, 5) is 11.0. The van der Waals surface area contributed by atoms with E-state index in [2.05, 4.69) is 0 Å². The van der Waals surface area contributed by atoms with E-state index in [1.807, 2.05) is 91.0 Å². The van der Waals surface area contributed by atoms with E-state index < -0.39 is 27.8 Å². The van der Waals surface area contributed by atoms with Crippen molar-refractivity contribution < 1.29 is 13.7 Å². The number of hydrogen-bond acceptors (Lipinski definition) is 3. The number of aromatic nitrogens is 2. The van der Waals surface area contributed by atoms with Crippen LogP contribution < -0.4 is 0 Å². The van der Waals surface area contributed by atoms with Gasteiger partial charge >= 0.3 is 5.69 Å². The van der Waals surface area contributed by atoms with Crippen LogP contribution in [0.25, 0.3) is 23.1 Å². The Morgan fingerprint density at radius 3 is 1.71 bits per heavy atom. The Morgan fingerprint density at radius 2 is 1.20 bits per heavy atom. The lowest BCUT2D eigenvalue weighted by Crippen LogP contribution is -2.38. The number of rotatable bonds is 7. The first-order valence-corrected chi connectivity index (χ1v) is 13.0. The van der Waals surface area contributed by atoms with Gasteiger partial charge in [0.1, 0.15) is 11.4 Å². The molecule has 0 spiro atoms. The molecule has 0 saturated heterocycles. The molecule has 0 radical (unpaired) electrons. The molecule has 6 aromatic rings. The van der Waals surface area contributed by atoms with Gasteiger partial charge in [0.2, 0.25) is 5.82 Å². The van der Waals surface area contributed by atoms with Gasteiger partial charge < -0.3 is 0 Å². The van der Waals surface area contributed by atoms with Crippen LogP contribution in [0.2, 0.25) is 0 Å². The molecular weight excluding hydrogens is 520 g/mol. The average Bonchev–Trinajstić information content (AvgIpc) is 3.35. The number of benzene rings is 5. The lowest BCUT2D eigenvalue weighted by molar-refractivity contribution is -0.387. The molecule has 1 aromatic heterocycles. The predicted molar refractivity (Wildman–Crippen MR) is 156 cm³/mol. The van der Waals surface area contributed by atoms with E-state index in [1.165, 1.54) is 12.1 Å².